The Morgan fingerprint density at radius 2 is 2.00 bits per heavy atom. The lowest BCUT2D eigenvalue weighted by molar-refractivity contribution is -0.121. The molecule has 2 aliphatic heterocycles. The van der Waals surface area contributed by atoms with E-state index in [1.54, 1.807) is 11.8 Å². The fraction of sp³-hybridized carbons (Fsp3) is 0.933. The van der Waals surface area contributed by atoms with Crippen molar-refractivity contribution in [1.82, 2.24) is 15.1 Å². The van der Waals surface area contributed by atoms with E-state index in [-0.39, 0.29) is 5.91 Å². The number of nitrogens with one attached hydrogen (secondary N) is 1. The highest BCUT2D eigenvalue weighted by Gasteiger charge is 2.28. The van der Waals surface area contributed by atoms with Crippen molar-refractivity contribution >= 4 is 17.7 Å². The molecule has 116 valence electrons. The number of carbonyl (C=O) groups excluding carboxylic acids is 1. The van der Waals surface area contributed by atoms with Gasteiger partial charge in [0.15, 0.2) is 0 Å². The van der Waals surface area contributed by atoms with Gasteiger partial charge in [0.1, 0.15) is 0 Å². The molecule has 1 atom stereocenters. The highest BCUT2D eigenvalue weighted by molar-refractivity contribution is 7.98. The van der Waals surface area contributed by atoms with Crippen molar-refractivity contribution < 1.29 is 4.79 Å². The molecule has 0 saturated carbocycles. The van der Waals surface area contributed by atoms with Gasteiger partial charge >= 0.3 is 0 Å². The summed E-state index contributed by atoms with van der Waals surface area (Å²) in [5.74, 6) is 1.16. The Bertz CT molecular complexity index is 305. The minimum Gasteiger partial charge on any atom is -0.352 e. The lowest BCUT2D eigenvalue weighted by Gasteiger charge is -2.41. The van der Waals surface area contributed by atoms with Crippen molar-refractivity contribution in [2.24, 2.45) is 0 Å². The van der Waals surface area contributed by atoms with E-state index in [0.29, 0.717) is 12.5 Å². The number of hydrogen-bond acceptors (Lipinski definition) is 4. The molecule has 2 fully saturated rings. The first-order valence-electron chi connectivity index (χ1n) is 7.90. The van der Waals surface area contributed by atoms with Gasteiger partial charge in [-0.25, -0.2) is 0 Å². The molecule has 2 rings (SSSR count). The van der Waals surface area contributed by atoms with E-state index in [0.717, 1.165) is 24.8 Å². The molecule has 0 aromatic carbocycles. The maximum atomic E-state index is 11.8. The van der Waals surface area contributed by atoms with E-state index in [4.69, 9.17) is 0 Å². The highest BCUT2D eigenvalue weighted by atomic mass is 32.2. The minimum atomic E-state index is 0.231. The van der Waals surface area contributed by atoms with Crippen molar-refractivity contribution in [3.8, 4) is 0 Å². The summed E-state index contributed by atoms with van der Waals surface area (Å²) in [6.07, 6.45) is 7.64. The molecule has 2 heterocycles. The molecule has 0 radical (unpaired) electrons. The number of piperidine rings is 2. The predicted octanol–water partition coefficient (Wildman–Crippen LogP) is 1.41. The smallest absolute Gasteiger partial charge is 0.221 e. The lowest BCUT2D eigenvalue weighted by atomic mass is 9.98. The number of hydrogen-bond donors (Lipinski definition) is 1. The van der Waals surface area contributed by atoms with Crippen LogP contribution in [0.2, 0.25) is 0 Å². The summed E-state index contributed by atoms with van der Waals surface area (Å²) in [6.45, 7) is 4.70. The Balaban J connectivity index is 1.75. The molecule has 0 aliphatic carbocycles. The van der Waals surface area contributed by atoms with E-state index < -0.39 is 0 Å². The molecule has 1 amide bonds. The molecule has 0 aromatic rings. The quantitative estimate of drug-likeness (QED) is 0.833. The van der Waals surface area contributed by atoms with Crippen molar-refractivity contribution in [3.05, 3.63) is 0 Å². The van der Waals surface area contributed by atoms with Gasteiger partial charge in [-0.05, 0) is 58.6 Å². The third kappa shape index (κ3) is 4.93. The molecular weight excluding hydrogens is 270 g/mol. The monoisotopic (exact) mass is 299 g/mol. The maximum Gasteiger partial charge on any atom is 0.221 e. The number of likely N-dealkylation sites (tertiary alicyclic amines) is 2. The van der Waals surface area contributed by atoms with Crippen LogP contribution >= 0.6 is 11.8 Å². The molecule has 2 saturated heterocycles. The van der Waals surface area contributed by atoms with E-state index in [2.05, 4.69) is 28.4 Å². The summed E-state index contributed by atoms with van der Waals surface area (Å²) < 4.78 is 0. The highest BCUT2D eigenvalue weighted by Crippen LogP contribution is 2.20. The Morgan fingerprint density at radius 3 is 2.70 bits per heavy atom. The van der Waals surface area contributed by atoms with Crippen LogP contribution in [0.25, 0.3) is 0 Å². The first-order valence-corrected chi connectivity index (χ1v) is 9.29. The molecule has 0 bridgehead atoms. The fourth-order valence-corrected chi connectivity index (χ4v) is 3.70. The van der Waals surface area contributed by atoms with Gasteiger partial charge in [-0.15, -0.1) is 0 Å². The van der Waals surface area contributed by atoms with Crippen molar-refractivity contribution in [2.45, 2.75) is 44.2 Å². The van der Waals surface area contributed by atoms with Crippen LogP contribution in [0.15, 0.2) is 0 Å². The number of nitrogens with zero attached hydrogens (tertiary/aromatic N) is 2. The lowest BCUT2D eigenvalue weighted by Crippen LogP contribution is -2.53. The second-order valence-corrected chi connectivity index (χ2v) is 7.16. The second-order valence-electron chi connectivity index (χ2n) is 6.18. The van der Waals surface area contributed by atoms with Gasteiger partial charge in [0, 0.05) is 30.8 Å². The molecule has 5 heteroatoms. The third-order valence-corrected chi connectivity index (χ3v) is 5.17. The maximum absolute atomic E-state index is 11.8. The van der Waals surface area contributed by atoms with Crippen LogP contribution in [0, 0.1) is 0 Å². The van der Waals surface area contributed by atoms with Gasteiger partial charge < -0.3 is 10.2 Å². The zero-order chi connectivity index (χ0) is 14.4. The van der Waals surface area contributed by atoms with Crippen molar-refractivity contribution in [1.29, 1.82) is 0 Å². The molecule has 1 N–H and O–H groups in total. The standard InChI is InChI=1S/C15H29N3OS/c1-17-9-5-14(6-10-17)18-8-3-4-13(12-18)16-15(19)7-11-20-2/h13-14H,3-12H2,1-2H3,(H,16,19)/t13-/m1/s1. The molecule has 4 nitrogen and oxygen atoms in total. The average Bonchev–Trinajstić information content (AvgIpc) is 2.46. The number of carbonyl (C=O) groups is 1. The largest absolute Gasteiger partial charge is 0.352 e. The van der Waals surface area contributed by atoms with Gasteiger partial charge in [0.25, 0.3) is 0 Å². The second kappa shape index (κ2) is 8.25. The number of amides is 1. The van der Waals surface area contributed by atoms with Gasteiger partial charge in [0.2, 0.25) is 5.91 Å². The first kappa shape index (κ1) is 16.1. The summed E-state index contributed by atoms with van der Waals surface area (Å²) >= 11 is 1.74. The summed E-state index contributed by atoms with van der Waals surface area (Å²) in [4.78, 5) is 16.9. The zero-order valence-electron chi connectivity index (χ0n) is 12.9. The van der Waals surface area contributed by atoms with E-state index in [1.165, 1.54) is 38.9 Å². The molecule has 0 spiro atoms. The minimum absolute atomic E-state index is 0.231. The van der Waals surface area contributed by atoms with Crippen LogP contribution in [-0.2, 0) is 4.79 Å². The zero-order valence-corrected chi connectivity index (χ0v) is 13.8. The molecule has 0 unspecified atom stereocenters. The summed E-state index contributed by atoms with van der Waals surface area (Å²) in [7, 11) is 2.21. The normalized spacial score (nSPS) is 26.6. The Labute approximate surface area is 127 Å². The molecule has 0 aromatic heterocycles. The summed E-state index contributed by atoms with van der Waals surface area (Å²) in [5.41, 5.74) is 0. The van der Waals surface area contributed by atoms with Crippen LogP contribution in [0.1, 0.15) is 32.1 Å². The van der Waals surface area contributed by atoms with Gasteiger partial charge in [-0.2, -0.15) is 11.8 Å². The van der Waals surface area contributed by atoms with E-state index in [1.807, 2.05) is 0 Å². The van der Waals surface area contributed by atoms with Crippen LogP contribution < -0.4 is 5.32 Å². The molecule has 20 heavy (non-hydrogen) atoms. The Morgan fingerprint density at radius 1 is 1.25 bits per heavy atom. The van der Waals surface area contributed by atoms with Crippen molar-refractivity contribution in [2.75, 3.05) is 45.2 Å². The fourth-order valence-electron chi connectivity index (χ4n) is 3.31. The summed E-state index contributed by atoms with van der Waals surface area (Å²) in [5, 5.41) is 3.23. The van der Waals surface area contributed by atoms with Gasteiger partial charge in [0.05, 0.1) is 0 Å². The topological polar surface area (TPSA) is 35.6 Å². The van der Waals surface area contributed by atoms with Crippen LogP contribution in [0.4, 0.5) is 0 Å². The summed E-state index contributed by atoms with van der Waals surface area (Å²) in [6, 6.07) is 1.11. The van der Waals surface area contributed by atoms with E-state index in [9.17, 15) is 4.79 Å². The third-order valence-electron chi connectivity index (χ3n) is 4.56. The van der Waals surface area contributed by atoms with Gasteiger partial charge in [-0.3, -0.25) is 9.69 Å². The molecule has 2 aliphatic rings. The Kier molecular flexibility index (Phi) is 6.65. The first-order chi connectivity index (χ1) is 9.69. The average molecular weight is 299 g/mol. The van der Waals surface area contributed by atoms with Crippen LogP contribution in [0.3, 0.4) is 0 Å². The molecular formula is C15H29N3OS. The number of thioether (sulfide) groups is 1. The van der Waals surface area contributed by atoms with E-state index >= 15 is 0 Å². The van der Waals surface area contributed by atoms with Crippen LogP contribution in [-0.4, -0.2) is 73.0 Å². The van der Waals surface area contributed by atoms with Gasteiger partial charge in [-0.1, -0.05) is 0 Å². The van der Waals surface area contributed by atoms with Crippen molar-refractivity contribution in [3.63, 3.8) is 0 Å². The SMILES string of the molecule is CSCCC(=O)N[C@@H]1CCCN(C2CCN(C)CC2)C1. The Hall–Kier alpha value is -0.260. The van der Waals surface area contributed by atoms with Crippen LogP contribution in [0.5, 0.6) is 0 Å². The number of rotatable bonds is 5. The predicted molar refractivity (Wildman–Crippen MR) is 86.3 cm³/mol.